The zero-order valence-corrected chi connectivity index (χ0v) is 7.54. The molecule has 12 heavy (non-hydrogen) atoms. The number of ether oxygens (including phenoxy) is 1. The Balaban J connectivity index is 3.90. The Morgan fingerprint density at radius 3 is 2.75 bits per heavy atom. The van der Waals surface area contributed by atoms with Gasteiger partial charge < -0.3 is 9.53 Å². The fourth-order valence-electron chi connectivity index (χ4n) is 0.563. The third-order valence-corrected chi connectivity index (χ3v) is 1.33. The van der Waals surface area contributed by atoms with Crippen molar-refractivity contribution in [2.45, 2.75) is 13.3 Å². The van der Waals surface area contributed by atoms with E-state index in [-0.39, 0.29) is 0 Å². The molecule has 0 aromatic carbocycles. The summed E-state index contributed by atoms with van der Waals surface area (Å²) in [6.45, 7) is 5.53. The molecule has 2 nitrogen and oxygen atoms in total. The Labute approximate surface area is 73.2 Å². The first-order chi connectivity index (χ1) is 5.70. The molecule has 0 fully saturated rings. The van der Waals surface area contributed by atoms with Gasteiger partial charge in [0.15, 0.2) is 0 Å². The Bertz CT molecular complexity index is 212. The molecule has 0 aliphatic carbocycles. The van der Waals surface area contributed by atoms with Crippen LogP contribution in [0.25, 0.3) is 0 Å². The predicted octanol–water partition coefficient (Wildman–Crippen LogP) is 2.24. The number of hydrogen-bond donors (Lipinski definition) is 0. The second kappa shape index (κ2) is 6.40. The van der Waals surface area contributed by atoms with Gasteiger partial charge in [-0.1, -0.05) is 18.7 Å². The quantitative estimate of drug-likeness (QED) is 0.355. The smallest absolute Gasteiger partial charge is 0.124 e. The van der Waals surface area contributed by atoms with E-state index in [2.05, 4.69) is 6.58 Å². The third-order valence-electron chi connectivity index (χ3n) is 1.33. The molecule has 0 aliphatic heterocycles. The van der Waals surface area contributed by atoms with Crippen molar-refractivity contribution in [3.05, 3.63) is 36.1 Å². The summed E-state index contributed by atoms with van der Waals surface area (Å²) in [7, 11) is 1.61. The van der Waals surface area contributed by atoms with E-state index in [1.807, 2.05) is 19.1 Å². The molecule has 0 rings (SSSR count). The molecule has 2 heteroatoms. The van der Waals surface area contributed by atoms with Gasteiger partial charge in [0.05, 0.1) is 12.9 Å². The van der Waals surface area contributed by atoms with Crippen molar-refractivity contribution in [1.29, 1.82) is 0 Å². The van der Waals surface area contributed by atoms with Gasteiger partial charge in [0.25, 0.3) is 0 Å². The molecule has 0 heterocycles. The van der Waals surface area contributed by atoms with E-state index in [4.69, 9.17) is 4.74 Å². The van der Waals surface area contributed by atoms with Crippen molar-refractivity contribution in [2.24, 2.45) is 0 Å². The number of carbonyl (C=O) groups excluding carboxylic acids is 1. The van der Waals surface area contributed by atoms with Crippen LogP contribution in [-0.2, 0) is 9.53 Å². The Hall–Kier alpha value is -1.31. The van der Waals surface area contributed by atoms with Gasteiger partial charge in [-0.15, -0.1) is 0 Å². The minimum atomic E-state index is 0.385. The van der Waals surface area contributed by atoms with Crippen LogP contribution < -0.4 is 0 Å². The average Bonchev–Trinajstić information content (AvgIpc) is 2.04. The van der Waals surface area contributed by atoms with Crippen LogP contribution in [0.5, 0.6) is 0 Å². The first kappa shape index (κ1) is 10.7. The highest BCUT2D eigenvalue weighted by Gasteiger charge is 1.84. The fourth-order valence-corrected chi connectivity index (χ4v) is 0.563. The van der Waals surface area contributed by atoms with Gasteiger partial charge in [-0.05, 0) is 18.6 Å². The van der Waals surface area contributed by atoms with Crippen LogP contribution in [0.3, 0.4) is 0 Å². The maximum atomic E-state index is 10.0. The van der Waals surface area contributed by atoms with E-state index < -0.39 is 0 Å². The molecule has 0 spiro atoms. The Kier molecular flexibility index (Phi) is 5.70. The molecular formula is C10H14O2. The van der Waals surface area contributed by atoms with Crippen LogP contribution in [0.1, 0.15) is 13.3 Å². The summed E-state index contributed by atoms with van der Waals surface area (Å²) in [5.41, 5.74) is 0.796. The van der Waals surface area contributed by atoms with Gasteiger partial charge in [-0.2, -0.15) is 0 Å². The SMILES string of the molecule is C=C(/C=C\C=C(/C)OC)CC=O. The molecular weight excluding hydrogens is 152 g/mol. The first-order valence-corrected chi connectivity index (χ1v) is 3.71. The topological polar surface area (TPSA) is 26.3 Å². The first-order valence-electron chi connectivity index (χ1n) is 3.71. The van der Waals surface area contributed by atoms with E-state index in [0.29, 0.717) is 6.42 Å². The zero-order valence-electron chi connectivity index (χ0n) is 7.54. The maximum absolute atomic E-state index is 10.0. The number of allylic oxidation sites excluding steroid dienone is 5. The molecule has 0 radical (unpaired) electrons. The molecule has 0 aromatic heterocycles. The molecule has 0 bridgehead atoms. The van der Waals surface area contributed by atoms with Crippen LogP contribution >= 0.6 is 0 Å². The molecule has 0 amide bonds. The monoisotopic (exact) mass is 166 g/mol. The summed E-state index contributed by atoms with van der Waals surface area (Å²) in [5.74, 6) is 0.824. The lowest BCUT2D eigenvalue weighted by molar-refractivity contribution is -0.107. The van der Waals surface area contributed by atoms with Crippen LogP contribution in [0, 0.1) is 0 Å². The van der Waals surface area contributed by atoms with Crippen molar-refractivity contribution in [3.63, 3.8) is 0 Å². The molecule has 0 aromatic rings. The highest BCUT2D eigenvalue weighted by Crippen LogP contribution is 1.98. The molecule has 0 N–H and O–H groups in total. The van der Waals surface area contributed by atoms with E-state index in [0.717, 1.165) is 17.6 Å². The van der Waals surface area contributed by atoms with Crippen molar-refractivity contribution < 1.29 is 9.53 Å². The van der Waals surface area contributed by atoms with Gasteiger partial charge in [-0.3, -0.25) is 0 Å². The largest absolute Gasteiger partial charge is 0.501 e. The van der Waals surface area contributed by atoms with Crippen LogP contribution in [0.15, 0.2) is 36.1 Å². The summed E-state index contributed by atoms with van der Waals surface area (Å²) < 4.78 is 4.90. The van der Waals surface area contributed by atoms with Gasteiger partial charge in [0, 0.05) is 6.42 Å². The summed E-state index contributed by atoms with van der Waals surface area (Å²) in [5, 5.41) is 0. The normalized spacial score (nSPS) is 11.7. The van der Waals surface area contributed by atoms with E-state index in [1.54, 1.807) is 13.2 Å². The Morgan fingerprint density at radius 1 is 1.58 bits per heavy atom. The molecule has 0 unspecified atom stereocenters. The van der Waals surface area contributed by atoms with E-state index in [9.17, 15) is 4.79 Å². The van der Waals surface area contributed by atoms with E-state index >= 15 is 0 Å². The summed E-state index contributed by atoms with van der Waals surface area (Å²) in [6, 6.07) is 0. The lowest BCUT2D eigenvalue weighted by Gasteiger charge is -1.94. The number of hydrogen-bond acceptors (Lipinski definition) is 2. The van der Waals surface area contributed by atoms with Gasteiger partial charge in [0.1, 0.15) is 6.29 Å². The lowest BCUT2D eigenvalue weighted by atomic mass is 10.2. The molecule has 0 aliphatic rings. The molecule has 0 saturated carbocycles. The van der Waals surface area contributed by atoms with Crippen LogP contribution in [-0.4, -0.2) is 13.4 Å². The van der Waals surface area contributed by atoms with E-state index in [1.165, 1.54) is 0 Å². The summed E-state index contributed by atoms with van der Waals surface area (Å²) in [6.07, 6.45) is 6.63. The molecule has 0 saturated heterocycles. The lowest BCUT2D eigenvalue weighted by Crippen LogP contribution is -1.78. The zero-order chi connectivity index (χ0) is 9.40. The number of rotatable bonds is 5. The number of methoxy groups -OCH3 is 1. The highest BCUT2D eigenvalue weighted by molar-refractivity contribution is 5.55. The Morgan fingerprint density at radius 2 is 2.25 bits per heavy atom. The minimum absolute atomic E-state index is 0.385. The van der Waals surface area contributed by atoms with Gasteiger partial charge in [0.2, 0.25) is 0 Å². The number of aldehydes is 1. The summed E-state index contributed by atoms with van der Waals surface area (Å²) >= 11 is 0. The van der Waals surface area contributed by atoms with Gasteiger partial charge >= 0.3 is 0 Å². The van der Waals surface area contributed by atoms with Crippen molar-refractivity contribution >= 4 is 6.29 Å². The second-order valence-corrected chi connectivity index (χ2v) is 2.37. The van der Waals surface area contributed by atoms with Crippen molar-refractivity contribution in [1.82, 2.24) is 0 Å². The van der Waals surface area contributed by atoms with Gasteiger partial charge in [-0.25, -0.2) is 0 Å². The fraction of sp³-hybridized carbons (Fsp3) is 0.300. The average molecular weight is 166 g/mol. The molecule has 0 atom stereocenters. The van der Waals surface area contributed by atoms with Crippen LogP contribution in [0.4, 0.5) is 0 Å². The van der Waals surface area contributed by atoms with Crippen molar-refractivity contribution in [2.75, 3.05) is 7.11 Å². The number of carbonyl (C=O) groups is 1. The highest BCUT2D eigenvalue weighted by atomic mass is 16.5. The van der Waals surface area contributed by atoms with Crippen LogP contribution in [0.2, 0.25) is 0 Å². The van der Waals surface area contributed by atoms with Crippen molar-refractivity contribution in [3.8, 4) is 0 Å². The third kappa shape index (κ3) is 5.47. The maximum Gasteiger partial charge on any atom is 0.124 e. The standard InChI is InChI=1S/C10H14O2/c1-9(7-8-11)5-4-6-10(2)12-3/h4-6,8H,1,7H2,2-3H3/b5-4-,10-6+. The summed E-state index contributed by atoms with van der Waals surface area (Å²) in [4.78, 5) is 10.0. The minimum Gasteiger partial charge on any atom is -0.501 e. The second-order valence-electron chi connectivity index (χ2n) is 2.37. The predicted molar refractivity (Wildman–Crippen MR) is 49.7 cm³/mol. The molecule has 66 valence electrons.